The fraction of sp³-hybridized carbons (Fsp3) is 0.167. The second-order valence-corrected chi connectivity index (χ2v) is 6.63. The zero-order chi connectivity index (χ0) is 16.3. The first-order valence-corrected chi connectivity index (χ1v) is 7.86. The minimum atomic E-state index is -0.794. The maximum absolute atomic E-state index is 12.4. The molecule has 0 fully saturated rings. The summed E-state index contributed by atoms with van der Waals surface area (Å²) < 4.78 is 6.71. The highest BCUT2D eigenvalue weighted by Crippen LogP contribution is 2.29. The van der Waals surface area contributed by atoms with Gasteiger partial charge in [-0.25, -0.2) is 4.79 Å². The molecule has 0 aliphatic rings. The molecule has 0 aliphatic heterocycles. The Morgan fingerprint density at radius 1 is 1.23 bits per heavy atom. The van der Waals surface area contributed by atoms with Crippen LogP contribution in [0.3, 0.4) is 0 Å². The van der Waals surface area contributed by atoms with Crippen molar-refractivity contribution < 1.29 is 14.6 Å². The lowest BCUT2D eigenvalue weighted by Gasteiger charge is -2.26. The van der Waals surface area contributed by atoms with Gasteiger partial charge in [0.25, 0.3) is 0 Å². The van der Waals surface area contributed by atoms with Crippen molar-refractivity contribution in [2.45, 2.75) is 19.4 Å². The molecule has 114 valence electrons. The molecule has 0 spiro atoms. The number of ether oxygens (including phenoxy) is 1. The molecule has 3 nitrogen and oxygen atoms in total. The van der Waals surface area contributed by atoms with Gasteiger partial charge in [-0.2, -0.15) is 0 Å². The summed E-state index contributed by atoms with van der Waals surface area (Å²) >= 11 is 2.22. The van der Waals surface area contributed by atoms with Crippen LogP contribution in [0.15, 0.2) is 49.0 Å². The Labute approximate surface area is 143 Å². The third-order valence-electron chi connectivity index (χ3n) is 3.36. The molecule has 2 aromatic rings. The lowest BCUT2D eigenvalue weighted by atomic mass is 9.98. The van der Waals surface area contributed by atoms with E-state index in [1.165, 1.54) is 6.07 Å². The summed E-state index contributed by atoms with van der Waals surface area (Å²) in [6.07, 6.45) is 1.61. The van der Waals surface area contributed by atoms with Gasteiger partial charge < -0.3 is 9.84 Å². The first-order chi connectivity index (χ1) is 10.3. The number of halogens is 1. The van der Waals surface area contributed by atoms with Crippen molar-refractivity contribution in [3.8, 4) is 5.75 Å². The Bertz CT molecular complexity index is 703. The standard InChI is InChI=1S/C18H17IO3/c1-4-12-5-10-16(20)15(11-12)17(21)22-18(2,3)13-6-8-14(19)9-7-13/h4-11,20H,1H2,2-3H3. The zero-order valence-corrected chi connectivity index (χ0v) is 14.6. The predicted molar refractivity (Wildman–Crippen MR) is 95.8 cm³/mol. The summed E-state index contributed by atoms with van der Waals surface area (Å²) in [5.41, 5.74) is 0.978. The number of hydrogen-bond acceptors (Lipinski definition) is 3. The number of carbonyl (C=O) groups excluding carboxylic acids is 1. The van der Waals surface area contributed by atoms with Gasteiger partial charge in [-0.3, -0.25) is 0 Å². The Balaban J connectivity index is 2.27. The highest BCUT2D eigenvalue weighted by Gasteiger charge is 2.27. The molecule has 0 saturated carbocycles. The van der Waals surface area contributed by atoms with Crippen molar-refractivity contribution in [2.75, 3.05) is 0 Å². The highest BCUT2D eigenvalue weighted by atomic mass is 127. The number of phenolic OH excluding ortho intramolecular Hbond substituents is 1. The molecular weight excluding hydrogens is 391 g/mol. The van der Waals surface area contributed by atoms with E-state index < -0.39 is 11.6 Å². The minimum absolute atomic E-state index is 0.103. The van der Waals surface area contributed by atoms with Crippen molar-refractivity contribution in [1.29, 1.82) is 0 Å². The average Bonchev–Trinajstić information content (AvgIpc) is 2.47. The maximum Gasteiger partial charge on any atom is 0.342 e. The first-order valence-electron chi connectivity index (χ1n) is 6.78. The molecule has 1 N–H and O–H groups in total. The van der Waals surface area contributed by atoms with Crippen molar-refractivity contribution in [1.82, 2.24) is 0 Å². The molecule has 22 heavy (non-hydrogen) atoms. The molecule has 0 aromatic heterocycles. The van der Waals surface area contributed by atoms with Crippen LogP contribution in [0, 0.1) is 3.57 Å². The van der Waals surface area contributed by atoms with E-state index in [1.807, 2.05) is 38.1 Å². The highest BCUT2D eigenvalue weighted by molar-refractivity contribution is 14.1. The number of hydrogen-bond donors (Lipinski definition) is 1. The van der Waals surface area contributed by atoms with Crippen molar-refractivity contribution in [2.24, 2.45) is 0 Å². The molecule has 0 unspecified atom stereocenters. The molecule has 2 aromatic carbocycles. The van der Waals surface area contributed by atoms with Crippen molar-refractivity contribution in [3.63, 3.8) is 0 Å². The van der Waals surface area contributed by atoms with Crippen molar-refractivity contribution in [3.05, 3.63) is 69.3 Å². The maximum atomic E-state index is 12.4. The summed E-state index contributed by atoms with van der Waals surface area (Å²) in [6.45, 7) is 7.30. The third-order valence-corrected chi connectivity index (χ3v) is 4.08. The van der Waals surface area contributed by atoms with Gasteiger partial charge >= 0.3 is 5.97 Å². The van der Waals surface area contributed by atoms with Gasteiger partial charge in [0, 0.05) is 3.57 Å². The summed E-state index contributed by atoms with van der Waals surface area (Å²) in [7, 11) is 0. The number of aromatic hydroxyl groups is 1. The van der Waals surface area contributed by atoms with Crippen LogP contribution in [0.1, 0.15) is 35.3 Å². The lowest BCUT2D eigenvalue weighted by molar-refractivity contribution is -0.00339. The van der Waals surface area contributed by atoms with E-state index in [0.717, 1.165) is 14.7 Å². The molecule has 0 bridgehead atoms. The normalized spacial score (nSPS) is 11.0. The molecule has 0 atom stereocenters. The second kappa shape index (κ2) is 6.52. The fourth-order valence-electron chi connectivity index (χ4n) is 2.04. The molecule has 4 heteroatoms. The topological polar surface area (TPSA) is 46.5 Å². The number of benzene rings is 2. The van der Waals surface area contributed by atoms with E-state index in [1.54, 1.807) is 18.2 Å². The van der Waals surface area contributed by atoms with Gasteiger partial charge in [-0.05, 0) is 71.8 Å². The minimum Gasteiger partial charge on any atom is -0.507 e. The first kappa shape index (κ1) is 16.5. The molecule has 0 aliphatic carbocycles. The Morgan fingerprint density at radius 3 is 2.45 bits per heavy atom. The zero-order valence-electron chi connectivity index (χ0n) is 12.5. The Kier molecular flexibility index (Phi) is 4.90. The number of rotatable bonds is 4. The van der Waals surface area contributed by atoms with Crippen LogP contribution < -0.4 is 0 Å². The van der Waals surface area contributed by atoms with E-state index in [4.69, 9.17) is 4.74 Å². The molecular formula is C18H17IO3. The van der Waals surface area contributed by atoms with E-state index in [0.29, 0.717) is 0 Å². The monoisotopic (exact) mass is 408 g/mol. The quantitative estimate of drug-likeness (QED) is 0.588. The lowest BCUT2D eigenvalue weighted by Crippen LogP contribution is -2.25. The van der Waals surface area contributed by atoms with Gasteiger partial charge in [0.15, 0.2) is 0 Å². The number of carbonyl (C=O) groups is 1. The fourth-order valence-corrected chi connectivity index (χ4v) is 2.40. The number of esters is 1. The molecule has 0 radical (unpaired) electrons. The van der Waals surface area contributed by atoms with Crippen LogP contribution >= 0.6 is 22.6 Å². The second-order valence-electron chi connectivity index (χ2n) is 5.39. The van der Waals surface area contributed by atoms with Crippen molar-refractivity contribution >= 4 is 34.6 Å². The number of phenols is 1. The van der Waals surface area contributed by atoms with E-state index in [2.05, 4.69) is 29.2 Å². The van der Waals surface area contributed by atoms with Gasteiger partial charge in [-0.15, -0.1) is 0 Å². The van der Waals surface area contributed by atoms with Crippen LogP contribution in [-0.4, -0.2) is 11.1 Å². The summed E-state index contributed by atoms with van der Waals surface area (Å²) in [4.78, 5) is 12.4. The molecule has 0 amide bonds. The van der Waals surface area contributed by atoms with E-state index in [9.17, 15) is 9.90 Å². The molecule has 0 heterocycles. The summed E-state index contributed by atoms with van der Waals surface area (Å²) in [5, 5.41) is 9.87. The van der Waals surface area contributed by atoms with Crippen LogP contribution in [0.5, 0.6) is 5.75 Å². The van der Waals surface area contributed by atoms with Gasteiger partial charge in [0.2, 0.25) is 0 Å². The van der Waals surface area contributed by atoms with Gasteiger partial charge in [-0.1, -0.05) is 30.9 Å². The van der Waals surface area contributed by atoms with Crippen LogP contribution in [0.2, 0.25) is 0 Å². The Morgan fingerprint density at radius 2 is 1.86 bits per heavy atom. The average molecular weight is 408 g/mol. The third kappa shape index (κ3) is 3.68. The summed E-state index contributed by atoms with van der Waals surface area (Å²) in [5.74, 6) is -0.668. The van der Waals surface area contributed by atoms with E-state index >= 15 is 0 Å². The van der Waals surface area contributed by atoms with Crippen LogP contribution in [0.4, 0.5) is 0 Å². The smallest absolute Gasteiger partial charge is 0.342 e. The largest absolute Gasteiger partial charge is 0.507 e. The molecule has 0 saturated heterocycles. The molecule has 2 rings (SSSR count). The predicted octanol–water partition coefficient (Wildman–Crippen LogP) is 4.73. The van der Waals surface area contributed by atoms with Crippen LogP contribution in [-0.2, 0) is 10.3 Å². The van der Waals surface area contributed by atoms with Gasteiger partial charge in [0.05, 0.1) is 0 Å². The van der Waals surface area contributed by atoms with E-state index in [-0.39, 0.29) is 11.3 Å². The Hall–Kier alpha value is -1.82. The summed E-state index contributed by atoms with van der Waals surface area (Å²) in [6, 6.07) is 12.5. The van der Waals surface area contributed by atoms with Gasteiger partial charge in [0.1, 0.15) is 16.9 Å². The van der Waals surface area contributed by atoms with Crippen LogP contribution in [0.25, 0.3) is 6.08 Å². The SMILES string of the molecule is C=Cc1ccc(O)c(C(=O)OC(C)(C)c2ccc(I)cc2)c1.